The first-order chi connectivity index (χ1) is 11.6. The van der Waals surface area contributed by atoms with Gasteiger partial charge in [-0.1, -0.05) is 25.0 Å². The van der Waals surface area contributed by atoms with E-state index in [0.717, 1.165) is 38.5 Å². The zero-order valence-electron chi connectivity index (χ0n) is 16.2. The maximum atomic E-state index is 12.3. The lowest BCUT2D eigenvalue weighted by atomic mass is 9.46. The summed E-state index contributed by atoms with van der Waals surface area (Å²) in [5.41, 5.74) is 1.58. The molecular formula is C22H32O3. The third-order valence-corrected chi connectivity index (χ3v) is 9.03. The van der Waals surface area contributed by atoms with E-state index in [2.05, 4.69) is 20.8 Å². The second kappa shape index (κ2) is 5.28. The highest BCUT2D eigenvalue weighted by atomic mass is 16.3. The SMILES string of the molecule is CC(=O)[C@@]1(O)CCC2C3CC(C)=C4CC(=O)CC[C@]4(C)C3CC[C@@]21C. The summed E-state index contributed by atoms with van der Waals surface area (Å²) in [6.07, 6.45) is 7.01. The Bertz CT molecular complexity index is 677. The Balaban J connectivity index is 1.75. The van der Waals surface area contributed by atoms with Crippen molar-refractivity contribution in [3.05, 3.63) is 11.1 Å². The summed E-state index contributed by atoms with van der Waals surface area (Å²) in [6.45, 7) is 8.35. The smallest absolute Gasteiger partial charge is 0.161 e. The molecule has 138 valence electrons. The summed E-state index contributed by atoms with van der Waals surface area (Å²) in [5, 5.41) is 11.2. The van der Waals surface area contributed by atoms with E-state index in [1.807, 2.05) is 0 Å². The van der Waals surface area contributed by atoms with Crippen molar-refractivity contribution in [3.8, 4) is 0 Å². The average molecular weight is 344 g/mol. The molecule has 3 fully saturated rings. The maximum Gasteiger partial charge on any atom is 0.161 e. The molecule has 3 saturated carbocycles. The molecule has 0 heterocycles. The third-order valence-electron chi connectivity index (χ3n) is 9.03. The van der Waals surface area contributed by atoms with Crippen LogP contribution in [0.1, 0.15) is 79.1 Å². The Labute approximate surface area is 151 Å². The first kappa shape index (κ1) is 17.5. The Kier molecular flexibility index (Phi) is 3.69. The topological polar surface area (TPSA) is 54.4 Å². The van der Waals surface area contributed by atoms with Crippen LogP contribution >= 0.6 is 0 Å². The molecule has 3 heteroatoms. The van der Waals surface area contributed by atoms with Gasteiger partial charge in [-0.05, 0) is 75.5 Å². The molecule has 0 aromatic carbocycles. The van der Waals surface area contributed by atoms with Gasteiger partial charge in [0.2, 0.25) is 0 Å². The highest BCUT2D eigenvalue weighted by Crippen LogP contribution is 2.67. The fourth-order valence-corrected chi connectivity index (χ4v) is 7.52. The van der Waals surface area contributed by atoms with Crippen LogP contribution in [0.4, 0.5) is 0 Å². The van der Waals surface area contributed by atoms with Gasteiger partial charge in [0.15, 0.2) is 5.78 Å². The van der Waals surface area contributed by atoms with E-state index < -0.39 is 5.60 Å². The molecule has 4 rings (SSSR count). The molecule has 6 atom stereocenters. The molecule has 0 aliphatic heterocycles. The van der Waals surface area contributed by atoms with Crippen molar-refractivity contribution < 1.29 is 14.7 Å². The van der Waals surface area contributed by atoms with Crippen molar-refractivity contribution in [2.45, 2.75) is 84.7 Å². The number of rotatable bonds is 1. The quantitative estimate of drug-likeness (QED) is 0.724. The summed E-state index contributed by atoms with van der Waals surface area (Å²) >= 11 is 0. The first-order valence-corrected chi connectivity index (χ1v) is 10.1. The molecule has 25 heavy (non-hydrogen) atoms. The zero-order valence-corrected chi connectivity index (χ0v) is 16.2. The van der Waals surface area contributed by atoms with Crippen LogP contribution in [0.5, 0.6) is 0 Å². The van der Waals surface area contributed by atoms with Crippen molar-refractivity contribution in [2.75, 3.05) is 0 Å². The van der Waals surface area contributed by atoms with E-state index in [4.69, 9.17) is 0 Å². The number of allylic oxidation sites excluding steroid dienone is 2. The minimum Gasteiger partial charge on any atom is -0.382 e. The van der Waals surface area contributed by atoms with Crippen LogP contribution in [0, 0.1) is 28.6 Å². The predicted molar refractivity (Wildman–Crippen MR) is 97.0 cm³/mol. The fraction of sp³-hybridized carbons (Fsp3) is 0.818. The lowest BCUT2D eigenvalue weighted by molar-refractivity contribution is -0.159. The van der Waals surface area contributed by atoms with Gasteiger partial charge in [-0.15, -0.1) is 0 Å². The highest BCUT2D eigenvalue weighted by Gasteiger charge is 2.65. The Morgan fingerprint density at radius 2 is 1.80 bits per heavy atom. The molecule has 0 radical (unpaired) electrons. The van der Waals surface area contributed by atoms with Gasteiger partial charge < -0.3 is 5.11 Å². The van der Waals surface area contributed by atoms with Crippen molar-refractivity contribution >= 4 is 11.6 Å². The number of carbonyl (C=O) groups excluding carboxylic acids is 2. The third kappa shape index (κ3) is 2.08. The molecule has 0 spiro atoms. The van der Waals surface area contributed by atoms with E-state index >= 15 is 0 Å². The minimum absolute atomic E-state index is 0.0470. The van der Waals surface area contributed by atoms with Crippen LogP contribution < -0.4 is 0 Å². The zero-order chi connectivity index (χ0) is 18.2. The summed E-state index contributed by atoms with van der Waals surface area (Å²) < 4.78 is 0. The average Bonchev–Trinajstić information content (AvgIpc) is 2.83. The predicted octanol–water partition coefficient (Wildman–Crippen LogP) is 4.23. The van der Waals surface area contributed by atoms with Crippen molar-refractivity contribution in [1.29, 1.82) is 0 Å². The van der Waals surface area contributed by atoms with Gasteiger partial charge >= 0.3 is 0 Å². The molecule has 0 aromatic rings. The summed E-state index contributed by atoms with van der Waals surface area (Å²) in [4.78, 5) is 24.3. The van der Waals surface area contributed by atoms with Crippen molar-refractivity contribution in [3.63, 3.8) is 0 Å². The summed E-state index contributed by atoms with van der Waals surface area (Å²) in [5.74, 6) is 1.93. The van der Waals surface area contributed by atoms with Gasteiger partial charge in [0.25, 0.3) is 0 Å². The monoisotopic (exact) mass is 344 g/mol. The van der Waals surface area contributed by atoms with E-state index in [1.165, 1.54) is 11.1 Å². The van der Waals surface area contributed by atoms with Gasteiger partial charge in [0.05, 0.1) is 0 Å². The number of hydrogen-bond donors (Lipinski definition) is 1. The second-order valence-corrected chi connectivity index (χ2v) is 9.88. The van der Waals surface area contributed by atoms with E-state index in [0.29, 0.717) is 36.4 Å². The molecule has 1 N–H and O–H groups in total. The Hall–Kier alpha value is -0.960. The number of fused-ring (bicyclic) bond motifs is 5. The van der Waals surface area contributed by atoms with Crippen LogP contribution in [-0.2, 0) is 9.59 Å². The minimum atomic E-state index is -1.13. The molecular weight excluding hydrogens is 312 g/mol. The maximum absolute atomic E-state index is 12.3. The molecule has 0 amide bonds. The standard InChI is InChI=1S/C22H32O3/c1-13-11-16-17(20(3)8-5-15(24)12-19(13)20)6-9-21(4)18(16)7-10-22(21,25)14(2)23/h16-18,25H,5-12H2,1-4H3/t16?,17?,18?,20-,21+,22+/m1/s1. The van der Waals surface area contributed by atoms with Crippen molar-refractivity contribution in [1.82, 2.24) is 0 Å². The molecule has 0 aromatic heterocycles. The van der Waals surface area contributed by atoms with Crippen LogP contribution in [0.2, 0.25) is 0 Å². The second-order valence-electron chi connectivity index (χ2n) is 9.88. The van der Waals surface area contributed by atoms with Crippen molar-refractivity contribution in [2.24, 2.45) is 28.6 Å². The summed E-state index contributed by atoms with van der Waals surface area (Å²) in [7, 11) is 0. The lowest BCUT2D eigenvalue weighted by Gasteiger charge is -2.59. The molecule has 4 aliphatic carbocycles. The van der Waals surface area contributed by atoms with Crippen LogP contribution in [-0.4, -0.2) is 22.3 Å². The number of carbonyl (C=O) groups is 2. The van der Waals surface area contributed by atoms with E-state index in [-0.39, 0.29) is 16.6 Å². The molecule has 0 bridgehead atoms. The van der Waals surface area contributed by atoms with Crippen LogP contribution in [0.25, 0.3) is 0 Å². The number of Topliss-reactive ketones (excluding diaryl/α,β-unsaturated/α-hetero) is 2. The fourth-order valence-electron chi connectivity index (χ4n) is 7.52. The lowest BCUT2D eigenvalue weighted by Crippen LogP contribution is -2.57. The van der Waals surface area contributed by atoms with Gasteiger partial charge in [0, 0.05) is 18.3 Å². The van der Waals surface area contributed by atoms with Gasteiger partial charge in [-0.2, -0.15) is 0 Å². The van der Waals surface area contributed by atoms with Gasteiger partial charge in [-0.25, -0.2) is 0 Å². The highest BCUT2D eigenvalue weighted by molar-refractivity contribution is 5.86. The van der Waals surface area contributed by atoms with Crippen LogP contribution in [0.3, 0.4) is 0 Å². The number of ketones is 2. The molecule has 0 saturated heterocycles. The first-order valence-electron chi connectivity index (χ1n) is 10.1. The molecule has 4 aliphatic rings. The molecule has 3 unspecified atom stereocenters. The normalized spacial score (nSPS) is 49.5. The Morgan fingerprint density at radius 1 is 1.12 bits per heavy atom. The van der Waals surface area contributed by atoms with Crippen LogP contribution in [0.15, 0.2) is 11.1 Å². The molecule has 3 nitrogen and oxygen atoms in total. The van der Waals surface area contributed by atoms with Gasteiger partial charge in [-0.3, -0.25) is 9.59 Å². The number of aliphatic hydroxyl groups is 1. The van der Waals surface area contributed by atoms with Gasteiger partial charge in [0.1, 0.15) is 11.4 Å². The number of hydrogen-bond acceptors (Lipinski definition) is 3. The largest absolute Gasteiger partial charge is 0.382 e. The van der Waals surface area contributed by atoms with E-state index in [1.54, 1.807) is 6.92 Å². The summed E-state index contributed by atoms with van der Waals surface area (Å²) in [6, 6.07) is 0. The Morgan fingerprint density at radius 3 is 2.48 bits per heavy atom. The van der Waals surface area contributed by atoms with E-state index in [9.17, 15) is 14.7 Å².